The highest BCUT2D eigenvalue weighted by atomic mass is 32.2. The molecule has 0 unspecified atom stereocenters. The predicted molar refractivity (Wildman–Crippen MR) is 91.9 cm³/mol. The van der Waals surface area contributed by atoms with E-state index in [1.807, 2.05) is 0 Å². The van der Waals surface area contributed by atoms with Crippen LogP contribution in [0.15, 0.2) is 57.7 Å². The molecule has 2 aliphatic heterocycles. The number of nitrogens with zero attached hydrogens (tertiary/aromatic N) is 3. The van der Waals surface area contributed by atoms with E-state index in [4.69, 9.17) is 0 Å². The quantitative estimate of drug-likeness (QED) is 0.766. The Balaban J connectivity index is 2.02. The molecule has 0 aromatic heterocycles. The van der Waals surface area contributed by atoms with Crippen molar-refractivity contribution in [3.63, 3.8) is 0 Å². The van der Waals surface area contributed by atoms with Gasteiger partial charge in [0.2, 0.25) is 5.96 Å². The summed E-state index contributed by atoms with van der Waals surface area (Å²) in [5, 5.41) is 0. The van der Waals surface area contributed by atoms with Crippen LogP contribution in [-0.4, -0.2) is 49.9 Å². The Morgan fingerprint density at radius 3 is 2.64 bits per heavy atom. The summed E-state index contributed by atoms with van der Waals surface area (Å²) in [5.74, 6) is 0.234. The molecule has 3 rings (SSSR count). The smallest absolute Gasteiger partial charge is 0.278 e. The molecular formula is C17H19F2N3O2S. The summed E-state index contributed by atoms with van der Waals surface area (Å²) in [6.45, 7) is 2.20. The van der Waals surface area contributed by atoms with Crippen LogP contribution in [-0.2, 0) is 16.4 Å². The fraction of sp³-hybridized carbons (Fsp3) is 0.353. The lowest BCUT2D eigenvalue weighted by Crippen LogP contribution is -2.43. The summed E-state index contributed by atoms with van der Waals surface area (Å²) in [5.41, 5.74) is 1.05. The first-order chi connectivity index (χ1) is 11.8. The van der Waals surface area contributed by atoms with Crippen molar-refractivity contribution in [1.82, 2.24) is 9.80 Å². The molecule has 1 aromatic rings. The van der Waals surface area contributed by atoms with Gasteiger partial charge in [0, 0.05) is 25.8 Å². The van der Waals surface area contributed by atoms with Crippen LogP contribution in [0.3, 0.4) is 0 Å². The van der Waals surface area contributed by atoms with E-state index in [0.29, 0.717) is 28.7 Å². The van der Waals surface area contributed by atoms with Gasteiger partial charge in [0.15, 0.2) is 9.84 Å². The average molecular weight is 367 g/mol. The second-order valence-electron chi connectivity index (χ2n) is 6.02. The lowest BCUT2D eigenvalue weighted by Gasteiger charge is -2.31. The lowest BCUT2D eigenvalue weighted by molar-refractivity contribution is 0.161. The highest BCUT2D eigenvalue weighted by Crippen LogP contribution is 2.26. The number of rotatable bonds is 1. The van der Waals surface area contributed by atoms with E-state index in [0.717, 1.165) is 0 Å². The van der Waals surface area contributed by atoms with E-state index in [1.54, 1.807) is 36.1 Å². The van der Waals surface area contributed by atoms with Gasteiger partial charge in [-0.2, -0.15) is 0 Å². The zero-order valence-electron chi connectivity index (χ0n) is 14.0. The minimum absolute atomic E-state index is 0.0899. The van der Waals surface area contributed by atoms with Crippen LogP contribution in [0.25, 0.3) is 0 Å². The van der Waals surface area contributed by atoms with Gasteiger partial charge in [-0.05, 0) is 30.7 Å². The summed E-state index contributed by atoms with van der Waals surface area (Å²) >= 11 is 0. The Bertz CT molecular complexity index is 876. The zero-order valence-corrected chi connectivity index (χ0v) is 14.8. The predicted octanol–water partition coefficient (Wildman–Crippen LogP) is 2.63. The fourth-order valence-corrected chi connectivity index (χ4v) is 4.44. The third kappa shape index (κ3) is 3.44. The molecule has 0 N–H and O–H groups in total. The number of hydrogen-bond donors (Lipinski definition) is 0. The van der Waals surface area contributed by atoms with Crippen molar-refractivity contribution < 1.29 is 17.2 Å². The second kappa shape index (κ2) is 6.59. The van der Waals surface area contributed by atoms with Crippen molar-refractivity contribution in [2.75, 3.05) is 19.3 Å². The number of benzene rings is 1. The largest absolute Gasteiger partial charge is 0.337 e. The number of hydrogen-bond acceptors (Lipinski definition) is 5. The second-order valence-corrected chi connectivity index (χ2v) is 8.10. The molecule has 0 spiro atoms. The van der Waals surface area contributed by atoms with Gasteiger partial charge < -0.3 is 9.80 Å². The first-order valence-corrected chi connectivity index (χ1v) is 9.49. The topological polar surface area (TPSA) is 53.0 Å². The molecule has 2 heterocycles. The van der Waals surface area contributed by atoms with Gasteiger partial charge in [-0.15, -0.1) is 0 Å². The molecular weight excluding hydrogens is 348 g/mol. The Hall–Kier alpha value is -2.22. The van der Waals surface area contributed by atoms with E-state index in [1.165, 1.54) is 24.1 Å². The highest BCUT2D eigenvalue weighted by molar-refractivity contribution is 7.91. The van der Waals surface area contributed by atoms with E-state index < -0.39 is 16.3 Å². The number of guanidine groups is 1. The summed E-state index contributed by atoms with van der Waals surface area (Å²) in [6, 6.07) is 6.79. The Labute approximate surface area is 145 Å². The molecule has 0 bridgehead atoms. The number of aliphatic imine (C=N–C) groups is 1. The van der Waals surface area contributed by atoms with Crippen molar-refractivity contribution in [2.24, 2.45) is 4.99 Å². The number of alkyl halides is 2. The van der Waals surface area contributed by atoms with Gasteiger partial charge in [-0.3, -0.25) is 0 Å². The molecule has 0 atom stereocenters. The molecule has 134 valence electrons. The molecule has 0 saturated heterocycles. The van der Waals surface area contributed by atoms with Gasteiger partial charge in [-0.25, -0.2) is 22.2 Å². The maximum atomic E-state index is 13.4. The Kier molecular flexibility index (Phi) is 4.64. The van der Waals surface area contributed by atoms with Crippen molar-refractivity contribution >= 4 is 15.8 Å². The van der Waals surface area contributed by atoms with Crippen LogP contribution in [0, 0.1) is 0 Å². The van der Waals surface area contributed by atoms with Gasteiger partial charge in [0.05, 0.1) is 16.3 Å². The fourth-order valence-electron chi connectivity index (χ4n) is 2.94. The van der Waals surface area contributed by atoms with Gasteiger partial charge in [-0.1, -0.05) is 18.2 Å². The average Bonchev–Trinajstić information content (AvgIpc) is 2.78. The molecule has 8 heteroatoms. The summed E-state index contributed by atoms with van der Waals surface area (Å²) < 4.78 is 51.7. The van der Waals surface area contributed by atoms with Crippen molar-refractivity contribution in [2.45, 2.75) is 24.8 Å². The molecule has 0 amide bonds. The number of fused-ring (bicyclic) bond motifs is 1. The van der Waals surface area contributed by atoms with Gasteiger partial charge in [0.1, 0.15) is 0 Å². The number of halogens is 2. The van der Waals surface area contributed by atoms with Crippen LogP contribution in [0.1, 0.15) is 12.5 Å². The normalized spacial score (nSPS) is 20.3. The minimum Gasteiger partial charge on any atom is -0.337 e. The maximum absolute atomic E-state index is 13.4. The minimum atomic E-state index is -3.41. The first kappa shape index (κ1) is 17.6. The number of sulfone groups is 1. The highest BCUT2D eigenvalue weighted by Gasteiger charge is 2.30. The molecule has 0 radical (unpaired) electrons. The van der Waals surface area contributed by atoms with Crippen LogP contribution < -0.4 is 0 Å². The third-order valence-corrected chi connectivity index (χ3v) is 6.05. The molecule has 2 aliphatic rings. The van der Waals surface area contributed by atoms with E-state index in [9.17, 15) is 17.2 Å². The summed E-state index contributed by atoms with van der Waals surface area (Å²) in [6.07, 6.45) is 0.229. The van der Waals surface area contributed by atoms with Crippen LogP contribution in [0.5, 0.6) is 0 Å². The molecule has 5 nitrogen and oxygen atoms in total. The summed E-state index contributed by atoms with van der Waals surface area (Å²) in [7, 11) is -1.89. The molecule has 1 aromatic carbocycles. The summed E-state index contributed by atoms with van der Waals surface area (Å²) in [4.78, 5) is 7.79. The monoisotopic (exact) mass is 367 g/mol. The molecule has 0 saturated carbocycles. The maximum Gasteiger partial charge on any atom is 0.278 e. The van der Waals surface area contributed by atoms with Gasteiger partial charge >= 0.3 is 0 Å². The van der Waals surface area contributed by atoms with E-state index in [2.05, 4.69) is 4.99 Å². The van der Waals surface area contributed by atoms with Crippen molar-refractivity contribution in [3.8, 4) is 0 Å². The lowest BCUT2D eigenvalue weighted by atomic mass is 10.2. The molecule has 0 aliphatic carbocycles. The van der Waals surface area contributed by atoms with E-state index in [-0.39, 0.29) is 18.0 Å². The Morgan fingerprint density at radius 2 is 1.92 bits per heavy atom. The van der Waals surface area contributed by atoms with Crippen LogP contribution in [0.4, 0.5) is 8.78 Å². The third-order valence-electron chi connectivity index (χ3n) is 4.26. The van der Waals surface area contributed by atoms with Crippen LogP contribution in [0.2, 0.25) is 0 Å². The standard InChI is InChI=1S/C17H19F2N3O2S/c1-12-7-8-14(16(18)19)21(2)17(20-12)22-9-10-25(23,24)15-6-4-3-5-13(15)11-22/h3-8,16H,9-11H2,1-2H3. The SMILES string of the molecule is CC1=CC=C(C(F)F)N(C)C(N2CCS(=O)(=O)c3ccccc3C2)=N1. The van der Waals surface area contributed by atoms with E-state index >= 15 is 0 Å². The number of allylic oxidation sites excluding steroid dienone is 4. The van der Waals surface area contributed by atoms with Crippen LogP contribution >= 0.6 is 0 Å². The zero-order chi connectivity index (χ0) is 18.2. The van der Waals surface area contributed by atoms with Gasteiger partial charge in [0.25, 0.3) is 6.43 Å². The molecule has 25 heavy (non-hydrogen) atoms. The van der Waals surface area contributed by atoms with Crippen molar-refractivity contribution in [3.05, 3.63) is 53.4 Å². The Morgan fingerprint density at radius 1 is 1.20 bits per heavy atom. The van der Waals surface area contributed by atoms with Crippen molar-refractivity contribution in [1.29, 1.82) is 0 Å². The molecule has 0 fully saturated rings. The first-order valence-electron chi connectivity index (χ1n) is 7.84.